The third-order valence-electron chi connectivity index (χ3n) is 4.36. The number of hydrogen-bond donors (Lipinski definition) is 1. The summed E-state index contributed by atoms with van der Waals surface area (Å²) in [6, 6.07) is 11.5. The largest absolute Gasteiger partial charge is 0.469 e. The number of anilines is 1. The monoisotopic (exact) mass is 442 g/mol. The molecule has 0 saturated heterocycles. The van der Waals surface area contributed by atoms with Crippen LogP contribution in [0.15, 0.2) is 57.1 Å². The molecule has 7 heteroatoms. The summed E-state index contributed by atoms with van der Waals surface area (Å²) in [4.78, 5) is 25.9. The van der Waals surface area contributed by atoms with Crippen LogP contribution < -0.4 is 5.32 Å². The Kier molecular flexibility index (Phi) is 6.92. The average molecular weight is 443 g/mol. The summed E-state index contributed by atoms with van der Waals surface area (Å²) in [5.74, 6) is 0.509. The fourth-order valence-electron chi connectivity index (χ4n) is 2.97. The summed E-state index contributed by atoms with van der Waals surface area (Å²) < 4.78 is 5.77. The molecule has 1 aromatic carbocycles. The Morgan fingerprint density at radius 1 is 1.32 bits per heavy atom. The third kappa shape index (κ3) is 4.84. The Balaban J connectivity index is 2.10. The number of esters is 1. The number of aliphatic imine (C=N–C) groups is 2. The zero-order valence-corrected chi connectivity index (χ0v) is 17.6. The standard InChI is InChI=1S/C21H23BrN4O2/c1-3-11-24-21-18(9-10-19(27)28-2)25-20(17-6-4-5-12-23-17)15-13-14(22)7-8-16(15)26-21/h4-8,12-13,18H,3,9-11H2,1-2H3,(H,24,26)/t18-/m0/s1. The highest BCUT2D eigenvalue weighted by Gasteiger charge is 2.25. The van der Waals surface area contributed by atoms with Crippen molar-refractivity contribution < 1.29 is 9.53 Å². The minimum absolute atomic E-state index is 0.256. The number of carbonyl (C=O) groups excluding carboxylic acids is 1. The van der Waals surface area contributed by atoms with Gasteiger partial charge in [-0.1, -0.05) is 28.9 Å². The molecule has 1 N–H and O–H groups in total. The molecule has 2 heterocycles. The summed E-state index contributed by atoms with van der Waals surface area (Å²) >= 11 is 3.55. The molecule has 6 nitrogen and oxygen atoms in total. The van der Waals surface area contributed by atoms with Crippen LogP contribution in [0.4, 0.5) is 5.69 Å². The summed E-state index contributed by atoms with van der Waals surface area (Å²) in [6.07, 6.45) is 3.46. The summed E-state index contributed by atoms with van der Waals surface area (Å²) in [6.45, 7) is 2.77. The van der Waals surface area contributed by atoms with Gasteiger partial charge in [-0.05, 0) is 43.2 Å². The van der Waals surface area contributed by atoms with Gasteiger partial charge in [0.1, 0.15) is 11.9 Å². The Morgan fingerprint density at radius 3 is 2.89 bits per heavy atom. The van der Waals surface area contributed by atoms with E-state index < -0.39 is 0 Å². The van der Waals surface area contributed by atoms with Crippen molar-refractivity contribution in [2.75, 3.05) is 19.0 Å². The molecule has 28 heavy (non-hydrogen) atoms. The lowest BCUT2D eigenvalue weighted by molar-refractivity contribution is -0.140. The van der Waals surface area contributed by atoms with E-state index in [2.05, 4.69) is 33.2 Å². The van der Waals surface area contributed by atoms with E-state index >= 15 is 0 Å². The van der Waals surface area contributed by atoms with Crippen LogP contribution in [-0.2, 0) is 9.53 Å². The van der Waals surface area contributed by atoms with Gasteiger partial charge in [0.05, 0.1) is 18.5 Å². The molecule has 1 aliphatic rings. The molecule has 0 unspecified atom stereocenters. The highest BCUT2D eigenvalue weighted by molar-refractivity contribution is 9.10. The average Bonchev–Trinajstić information content (AvgIpc) is 2.87. The number of carbonyl (C=O) groups is 1. The Morgan fingerprint density at radius 2 is 2.18 bits per heavy atom. The lowest BCUT2D eigenvalue weighted by Gasteiger charge is -2.15. The van der Waals surface area contributed by atoms with Crippen LogP contribution in [0.25, 0.3) is 0 Å². The number of nitrogens with one attached hydrogen (secondary N) is 1. The molecule has 0 spiro atoms. The lowest BCUT2D eigenvalue weighted by atomic mass is 10.0. The maximum atomic E-state index is 11.7. The zero-order chi connectivity index (χ0) is 19.9. The van der Waals surface area contributed by atoms with Crippen molar-refractivity contribution in [2.24, 2.45) is 9.98 Å². The van der Waals surface area contributed by atoms with Gasteiger partial charge in [0.25, 0.3) is 0 Å². The Labute approximate surface area is 173 Å². The van der Waals surface area contributed by atoms with Gasteiger partial charge in [-0.2, -0.15) is 0 Å². The summed E-state index contributed by atoms with van der Waals surface area (Å²) in [7, 11) is 1.40. The topological polar surface area (TPSA) is 75.9 Å². The van der Waals surface area contributed by atoms with Crippen LogP contribution >= 0.6 is 15.9 Å². The van der Waals surface area contributed by atoms with E-state index in [1.54, 1.807) is 6.20 Å². The van der Waals surface area contributed by atoms with Crippen LogP contribution in [-0.4, -0.2) is 42.2 Å². The van der Waals surface area contributed by atoms with Crippen LogP contribution in [0.2, 0.25) is 0 Å². The highest BCUT2D eigenvalue weighted by Crippen LogP contribution is 2.28. The number of ether oxygens (including phenoxy) is 1. The fraction of sp³-hybridized carbons (Fsp3) is 0.333. The molecule has 0 fully saturated rings. The molecule has 0 saturated carbocycles. The number of aromatic nitrogens is 1. The molecular formula is C21H23BrN4O2. The van der Waals surface area contributed by atoms with Crippen molar-refractivity contribution >= 4 is 39.1 Å². The molecule has 2 aromatic rings. The Bertz CT molecular complexity index is 897. The number of methoxy groups -OCH3 is 1. The number of hydrogen-bond acceptors (Lipinski definition) is 5. The minimum Gasteiger partial charge on any atom is -0.469 e. The molecule has 0 aliphatic carbocycles. The first kappa shape index (κ1) is 20.2. The van der Waals surface area contributed by atoms with E-state index in [0.717, 1.165) is 39.4 Å². The van der Waals surface area contributed by atoms with E-state index in [1.165, 1.54) is 7.11 Å². The van der Waals surface area contributed by atoms with Crippen molar-refractivity contribution in [3.63, 3.8) is 0 Å². The molecule has 0 bridgehead atoms. The lowest BCUT2D eigenvalue weighted by Crippen LogP contribution is -2.27. The summed E-state index contributed by atoms with van der Waals surface area (Å²) in [5.41, 5.74) is 3.42. The second kappa shape index (κ2) is 9.59. The molecule has 146 valence electrons. The fourth-order valence-corrected chi connectivity index (χ4v) is 3.33. The minimum atomic E-state index is -0.283. The quantitative estimate of drug-likeness (QED) is 0.678. The van der Waals surface area contributed by atoms with Crippen molar-refractivity contribution in [1.29, 1.82) is 0 Å². The van der Waals surface area contributed by atoms with Gasteiger partial charge in [-0.25, -0.2) is 0 Å². The van der Waals surface area contributed by atoms with Gasteiger partial charge >= 0.3 is 5.97 Å². The predicted molar refractivity (Wildman–Crippen MR) is 115 cm³/mol. The number of fused-ring (bicyclic) bond motifs is 1. The Hall–Kier alpha value is -2.54. The summed E-state index contributed by atoms with van der Waals surface area (Å²) in [5, 5.41) is 3.45. The SMILES string of the molecule is CCCN=C1Nc2ccc(Br)cc2C(c2ccccn2)=N[C@H]1CCC(=O)OC. The first-order valence-corrected chi connectivity index (χ1v) is 10.1. The van der Waals surface area contributed by atoms with Crippen molar-refractivity contribution in [1.82, 2.24) is 4.98 Å². The smallest absolute Gasteiger partial charge is 0.305 e. The number of benzodiazepines with no additional fused rings is 1. The van der Waals surface area contributed by atoms with Crippen LogP contribution in [0.5, 0.6) is 0 Å². The molecule has 0 amide bonds. The molecule has 3 rings (SSSR count). The second-order valence-corrected chi connectivity index (χ2v) is 7.32. The number of nitrogens with zero attached hydrogens (tertiary/aromatic N) is 3. The van der Waals surface area contributed by atoms with Gasteiger partial charge in [-0.15, -0.1) is 0 Å². The molecular weight excluding hydrogens is 420 g/mol. The third-order valence-corrected chi connectivity index (χ3v) is 4.86. The normalized spacial score (nSPS) is 17.3. The number of pyridine rings is 1. The van der Waals surface area contributed by atoms with Crippen LogP contribution in [0, 0.1) is 0 Å². The number of benzene rings is 1. The first-order chi connectivity index (χ1) is 13.6. The van der Waals surface area contributed by atoms with E-state index in [-0.39, 0.29) is 18.4 Å². The van der Waals surface area contributed by atoms with Gasteiger partial charge < -0.3 is 10.1 Å². The van der Waals surface area contributed by atoms with Gasteiger partial charge in [-0.3, -0.25) is 19.8 Å². The van der Waals surface area contributed by atoms with E-state index in [1.807, 2.05) is 36.4 Å². The van der Waals surface area contributed by atoms with Gasteiger partial charge in [0.15, 0.2) is 0 Å². The van der Waals surface area contributed by atoms with Crippen molar-refractivity contribution in [3.8, 4) is 0 Å². The van der Waals surface area contributed by atoms with Crippen molar-refractivity contribution in [3.05, 3.63) is 58.3 Å². The van der Waals surface area contributed by atoms with Crippen molar-refractivity contribution in [2.45, 2.75) is 32.2 Å². The molecule has 1 aromatic heterocycles. The van der Waals surface area contributed by atoms with E-state index in [9.17, 15) is 4.79 Å². The number of amidine groups is 1. The zero-order valence-electron chi connectivity index (χ0n) is 16.0. The number of halogens is 1. The van der Waals surface area contributed by atoms with E-state index in [0.29, 0.717) is 13.0 Å². The molecule has 0 radical (unpaired) electrons. The predicted octanol–water partition coefficient (Wildman–Crippen LogP) is 4.24. The van der Waals surface area contributed by atoms with Crippen LogP contribution in [0.1, 0.15) is 37.4 Å². The number of rotatable bonds is 6. The molecule has 1 atom stereocenters. The first-order valence-electron chi connectivity index (χ1n) is 9.29. The maximum Gasteiger partial charge on any atom is 0.305 e. The highest BCUT2D eigenvalue weighted by atomic mass is 79.9. The van der Waals surface area contributed by atoms with Gasteiger partial charge in [0, 0.05) is 34.9 Å². The second-order valence-electron chi connectivity index (χ2n) is 6.41. The van der Waals surface area contributed by atoms with Crippen LogP contribution in [0.3, 0.4) is 0 Å². The maximum absolute atomic E-state index is 11.7. The molecule has 1 aliphatic heterocycles. The van der Waals surface area contributed by atoms with E-state index in [4.69, 9.17) is 14.7 Å². The van der Waals surface area contributed by atoms with Gasteiger partial charge in [0.2, 0.25) is 0 Å².